The molecule has 0 amide bonds. The molecule has 146 valence electrons. The third-order valence-electron chi connectivity index (χ3n) is 4.57. The van der Waals surface area contributed by atoms with Crippen molar-refractivity contribution in [1.82, 2.24) is 14.1 Å². The molecule has 29 heavy (non-hydrogen) atoms. The van der Waals surface area contributed by atoms with E-state index >= 15 is 0 Å². The predicted octanol–water partition coefficient (Wildman–Crippen LogP) is 3.40. The van der Waals surface area contributed by atoms with E-state index in [1.165, 1.54) is 22.9 Å². The lowest BCUT2D eigenvalue weighted by Crippen LogP contribution is -2.40. The van der Waals surface area contributed by atoms with E-state index in [0.717, 1.165) is 10.6 Å². The Morgan fingerprint density at radius 2 is 1.86 bits per heavy atom. The number of nitrogens with zero attached hydrogens (tertiary/aromatic N) is 3. The van der Waals surface area contributed by atoms with E-state index in [-0.39, 0.29) is 22.6 Å². The van der Waals surface area contributed by atoms with Crippen molar-refractivity contribution in [2.75, 3.05) is 7.11 Å². The molecular weight excluding hydrogens is 397 g/mol. The summed E-state index contributed by atoms with van der Waals surface area (Å²) in [6.07, 6.45) is 1.52. The molecule has 0 saturated heterocycles. The molecule has 0 N–H and O–H groups in total. The summed E-state index contributed by atoms with van der Waals surface area (Å²) in [5.41, 5.74) is 0.152. The second kappa shape index (κ2) is 7.52. The van der Waals surface area contributed by atoms with Crippen LogP contribution in [0.5, 0.6) is 5.75 Å². The highest BCUT2D eigenvalue weighted by molar-refractivity contribution is 6.31. The van der Waals surface area contributed by atoms with Crippen LogP contribution in [0.25, 0.3) is 16.7 Å². The number of halogens is 2. The third kappa shape index (κ3) is 3.40. The van der Waals surface area contributed by atoms with Gasteiger partial charge >= 0.3 is 5.69 Å². The van der Waals surface area contributed by atoms with E-state index in [1.54, 1.807) is 43.5 Å². The Labute approximate surface area is 169 Å². The molecule has 0 aliphatic heterocycles. The zero-order valence-electron chi connectivity index (χ0n) is 15.3. The number of rotatable bonds is 4. The number of fused-ring (bicyclic) bond motifs is 1. The van der Waals surface area contributed by atoms with Crippen LogP contribution < -0.4 is 16.0 Å². The van der Waals surface area contributed by atoms with Crippen LogP contribution in [-0.4, -0.2) is 21.2 Å². The second-order valence-corrected chi connectivity index (χ2v) is 6.72. The maximum absolute atomic E-state index is 13.4. The standard InChI is InChI=1S/C21H15ClFN3O3/c1-29-16-8-6-15(7-9-16)26-19-17(3-2-10-24-19)20(27)25(21(26)28)12-13-4-5-14(23)11-18(13)22/h2-11H,12H2,1H3. The summed E-state index contributed by atoms with van der Waals surface area (Å²) >= 11 is 6.10. The van der Waals surface area contributed by atoms with E-state index in [9.17, 15) is 14.0 Å². The molecule has 0 spiro atoms. The van der Waals surface area contributed by atoms with E-state index in [4.69, 9.17) is 16.3 Å². The van der Waals surface area contributed by atoms with Crippen molar-refractivity contribution in [2.24, 2.45) is 0 Å². The molecule has 0 bridgehead atoms. The van der Waals surface area contributed by atoms with Crippen LogP contribution >= 0.6 is 11.6 Å². The predicted molar refractivity (Wildman–Crippen MR) is 109 cm³/mol. The Kier molecular flexibility index (Phi) is 4.90. The van der Waals surface area contributed by atoms with E-state index in [2.05, 4.69) is 4.98 Å². The van der Waals surface area contributed by atoms with E-state index in [1.807, 2.05) is 0 Å². The van der Waals surface area contributed by atoms with Crippen LogP contribution in [0.2, 0.25) is 5.02 Å². The molecule has 0 radical (unpaired) electrons. The minimum absolute atomic E-state index is 0.0994. The lowest BCUT2D eigenvalue weighted by Gasteiger charge is -2.14. The number of benzene rings is 2. The van der Waals surface area contributed by atoms with Crippen molar-refractivity contribution in [1.29, 1.82) is 0 Å². The third-order valence-corrected chi connectivity index (χ3v) is 4.92. The molecule has 2 aromatic carbocycles. The number of hydrogen-bond donors (Lipinski definition) is 0. The van der Waals surface area contributed by atoms with Crippen LogP contribution in [0.3, 0.4) is 0 Å². The van der Waals surface area contributed by atoms with Gasteiger partial charge in [0.2, 0.25) is 0 Å². The molecule has 0 aliphatic rings. The topological polar surface area (TPSA) is 66.1 Å². The van der Waals surface area contributed by atoms with Crippen LogP contribution in [0.1, 0.15) is 5.56 Å². The smallest absolute Gasteiger partial charge is 0.337 e. The van der Waals surface area contributed by atoms with Gasteiger partial charge in [0, 0.05) is 11.2 Å². The molecule has 0 aliphatic carbocycles. The van der Waals surface area contributed by atoms with Crippen molar-refractivity contribution >= 4 is 22.6 Å². The van der Waals surface area contributed by atoms with Gasteiger partial charge in [-0.25, -0.2) is 18.7 Å². The molecule has 0 atom stereocenters. The first-order valence-electron chi connectivity index (χ1n) is 8.68. The first-order valence-corrected chi connectivity index (χ1v) is 9.06. The first-order chi connectivity index (χ1) is 14.0. The van der Waals surface area contributed by atoms with Crippen LogP contribution in [-0.2, 0) is 6.54 Å². The summed E-state index contributed by atoms with van der Waals surface area (Å²) in [5, 5.41) is 0.416. The number of methoxy groups -OCH3 is 1. The average molecular weight is 412 g/mol. The molecular formula is C21H15ClFN3O3. The van der Waals surface area contributed by atoms with Crippen molar-refractivity contribution in [3.8, 4) is 11.4 Å². The fraction of sp³-hybridized carbons (Fsp3) is 0.0952. The monoisotopic (exact) mass is 411 g/mol. The van der Waals surface area contributed by atoms with Crippen LogP contribution in [0.15, 0.2) is 70.4 Å². The van der Waals surface area contributed by atoms with Crippen molar-refractivity contribution in [3.63, 3.8) is 0 Å². The summed E-state index contributed by atoms with van der Waals surface area (Å²) < 4.78 is 20.9. The van der Waals surface area contributed by atoms with E-state index in [0.29, 0.717) is 17.0 Å². The molecule has 0 unspecified atom stereocenters. The molecule has 4 aromatic rings. The Bertz CT molecular complexity index is 1330. The van der Waals surface area contributed by atoms with E-state index < -0.39 is 17.1 Å². The highest BCUT2D eigenvalue weighted by Gasteiger charge is 2.16. The van der Waals surface area contributed by atoms with Gasteiger partial charge in [-0.1, -0.05) is 17.7 Å². The average Bonchev–Trinajstić information content (AvgIpc) is 2.73. The Morgan fingerprint density at radius 3 is 2.55 bits per heavy atom. The van der Waals surface area contributed by atoms with Gasteiger partial charge in [0.1, 0.15) is 11.6 Å². The first kappa shape index (κ1) is 18.9. The van der Waals surface area contributed by atoms with Crippen LogP contribution in [0, 0.1) is 5.82 Å². The fourth-order valence-corrected chi connectivity index (χ4v) is 3.34. The fourth-order valence-electron chi connectivity index (χ4n) is 3.11. The van der Waals surface area contributed by atoms with Gasteiger partial charge < -0.3 is 4.74 Å². The van der Waals surface area contributed by atoms with Gasteiger partial charge in [-0.15, -0.1) is 0 Å². The maximum Gasteiger partial charge on any atom is 0.337 e. The Hall–Kier alpha value is -3.45. The summed E-state index contributed by atoms with van der Waals surface area (Å²) in [6.45, 7) is -0.0994. The zero-order chi connectivity index (χ0) is 20.5. The summed E-state index contributed by atoms with van der Waals surface area (Å²) in [6, 6.07) is 13.9. The van der Waals surface area contributed by atoms with Crippen molar-refractivity contribution in [3.05, 3.63) is 98.0 Å². The van der Waals surface area contributed by atoms with Crippen LogP contribution in [0.4, 0.5) is 4.39 Å². The van der Waals surface area contributed by atoms with Gasteiger partial charge in [-0.3, -0.25) is 9.36 Å². The van der Waals surface area contributed by atoms with Gasteiger partial charge in [0.05, 0.1) is 24.7 Å². The second-order valence-electron chi connectivity index (χ2n) is 6.32. The highest BCUT2D eigenvalue weighted by atomic mass is 35.5. The number of aromatic nitrogens is 3. The lowest BCUT2D eigenvalue weighted by atomic mass is 10.2. The maximum atomic E-state index is 13.4. The molecule has 2 aromatic heterocycles. The largest absolute Gasteiger partial charge is 0.497 e. The Balaban J connectivity index is 1.98. The minimum Gasteiger partial charge on any atom is -0.497 e. The summed E-state index contributed by atoms with van der Waals surface area (Å²) in [5.74, 6) is 0.134. The van der Waals surface area contributed by atoms with Gasteiger partial charge in [-0.05, 0) is 54.1 Å². The van der Waals surface area contributed by atoms with Crippen molar-refractivity contribution in [2.45, 2.75) is 6.54 Å². The lowest BCUT2D eigenvalue weighted by molar-refractivity contribution is 0.414. The molecule has 0 fully saturated rings. The normalized spacial score (nSPS) is 11.0. The van der Waals surface area contributed by atoms with Gasteiger partial charge in [0.15, 0.2) is 5.65 Å². The zero-order valence-corrected chi connectivity index (χ0v) is 16.1. The molecule has 4 rings (SSSR count). The van der Waals surface area contributed by atoms with Crippen molar-refractivity contribution < 1.29 is 9.13 Å². The number of ether oxygens (including phenoxy) is 1. The highest BCUT2D eigenvalue weighted by Crippen LogP contribution is 2.19. The summed E-state index contributed by atoms with van der Waals surface area (Å²) in [4.78, 5) is 30.5. The minimum atomic E-state index is -0.577. The van der Waals surface area contributed by atoms with Gasteiger partial charge in [0.25, 0.3) is 5.56 Å². The molecule has 6 nitrogen and oxygen atoms in total. The quantitative estimate of drug-likeness (QED) is 0.516. The summed E-state index contributed by atoms with van der Waals surface area (Å²) in [7, 11) is 1.55. The number of hydrogen-bond acceptors (Lipinski definition) is 4. The molecule has 2 heterocycles. The number of pyridine rings is 1. The SMILES string of the molecule is COc1ccc(-n2c(=O)n(Cc3ccc(F)cc3Cl)c(=O)c3cccnc32)cc1. The van der Waals surface area contributed by atoms with Gasteiger partial charge in [-0.2, -0.15) is 0 Å². The molecule has 0 saturated carbocycles. The Morgan fingerprint density at radius 1 is 1.10 bits per heavy atom. The molecule has 8 heteroatoms.